The lowest BCUT2D eigenvalue weighted by atomic mass is 10.2. The fourth-order valence-electron chi connectivity index (χ4n) is 0.957. The number of amides is 1. The lowest BCUT2D eigenvalue weighted by Crippen LogP contribution is -2.35. The third kappa shape index (κ3) is 3.47. The minimum atomic E-state index is -0.0881. The van der Waals surface area contributed by atoms with E-state index < -0.39 is 0 Å². The molecule has 0 aliphatic rings. The second-order valence-corrected chi connectivity index (χ2v) is 4.11. The van der Waals surface area contributed by atoms with Crippen LogP contribution in [0, 0.1) is 0 Å². The van der Waals surface area contributed by atoms with E-state index in [1.807, 2.05) is 19.1 Å². The minimum Gasteiger partial charge on any atom is -0.350 e. The zero-order valence-electron chi connectivity index (χ0n) is 7.96. The molecule has 0 radical (unpaired) electrons. The van der Waals surface area contributed by atoms with Crippen molar-refractivity contribution in [3.63, 3.8) is 0 Å². The molecule has 3 N–H and O–H groups in total. The fraction of sp³-hybridized carbons (Fsp3) is 0.300. The Hall–Kier alpha value is -0.870. The van der Waals surface area contributed by atoms with Gasteiger partial charge in [0.15, 0.2) is 0 Å². The summed E-state index contributed by atoms with van der Waals surface area (Å²) in [4.78, 5) is 11.5. The Morgan fingerprint density at radius 3 is 2.57 bits per heavy atom. The molecule has 0 aliphatic heterocycles. The summed E-state index contributed by atoms with van der Waals surface area (Å²) in [5, 5.41) is 2.74. The molecular formula is C10H13BrN2O. The maximum atomic E-state index is 11.5. The van der Waals surface area contributed by atoms with E-state index in [-0.39, 0.29) is 11.9 Å². The molecule has 1 unspecified atom stereocenters. The van der Waals surface area contributed by atoms with Crippen LogP contribution in [-0.2, 0) is 0 Å². The molecule has 14 heavy (non-hydrogen) atoms. The molecule has 0 aromatic heterocycles. The first-order valence-electron chi connectivity index (χ1n) is 4.39. The van der Waals surface area contributed by atoms with Crippen LogP contribution >= 0.6 is 15.9 Å². The molecule has 0 saturated carbocycles. The quantitative estimate of drug-likeness (QED) is 0.862. The van der Waals surface area contributed by atoms with Gasteiger partial charge in [-0.3, -0.25) is 4.79 Å². The molecule has 1 aromatic rings. The molecule has 76 valence electrons. The van der Waals surface area contributed by atoms with Gasteiger partial charge in [-0.2, -0.15) is 0 Å². The van der Waals surface area contributed by atoms with Crippen LogP contribution in [0.15, 0.2) is 28.7 Å². The summed E-state index contributed by atoms with van der Waals surface area (Å²) < 4.78 is 0.959. The van der Waals surface area contributed by atoms with Gasteiger partial charge in [0.2, 0.25) is 0 Å². The number of hydrogen-bond donors (Lipinski definition) is 2. The van der Waals surface area contributed by atoms with E-state index in [0.29, 0.717) is 12.1 Å². The largest absolute Gasteiger partial charge is 0.350 e. The lowest BCUT2D eigenvalue weighted by molar-refractivity contribution is 0.0951. The number of rotatable bonds is 3. The van der Waals surface area contributed by atoms with Gasteiger partial charge in [0.05, 0.1) is 0 Å². The SMILES string of the molecule is CC(N)CNC(=O)c1ccc(Br)cc1. The third-order valence-corrected chi connectivity index (χ3v) is 2.22. The van der Waals surface area contributed by atoms with E-state index in [0.717, 1.165) is 4.47 Å². The first-order valence-corrected chi connectivity index (χ1v) is 5.18. The number of nitrogens with two attached hydrogens (primary N) is 1. The van der Waals surface area contributed by atoms with E-state index in [2.05, 4.69) is 21.2 Å². The standard InChI is InChI=1S/C10H13BrN2O/c1-7(12)6-13-10(14)8-2-4-9(11)5-3-8/h2-5,7H,6,12H2,1H3,(H,13,14). The van der Waals surface area contributed by atoms with Crippen molar-refractivity contribution in [2.45, 2.75) is 13.0 Å². The highest BCUT2D eigenvalue weighted by molar-refractivity contribution is 9.10. The number of nitrogens with one attached hydrogen (secondary N) is 1. The Morgan fingerprint density at radius 2 is 2.07 bits per heavy atom. The maximum Gasteiger partial charge on any atom is 0.251 e. The molecule has 0 bridgehead atoms. The summed E-state index contributed by atoms with van der Waals surface area (Å²) >= 11 is 3.31. The molecule has 0 fully saturated rings. The van der Waals surface area contributed by atoms with E-state index in [1.165, 1.54) is 0 Å². The van der Waals surface area contributed by atoms with Crippen molar-refractivity contribution in [1.29, 1.82) is 0 Å². The average molecular weight is 257 g/mol. The average Bonchev–Trinajstić information content (AvgIpc) is 2.15. The van der Waals surface area contributed by atoms with E-state index in [1.54, 1.807) is 12.1 Å². The summed E-state index contributed by atoms with van der Waals surface area (Å²) in [5.74, 6) is -0.0881. The van der Waals surface area contributed by atoms with Crippen LogP contribution in [0.4, 0.5) is 0 Å². The third-order valence-electron chi connectivity index (χ3n) is 1.69. The Balaban J connectivity index is 2.57. The zero-order chi connectivity index (χ0) is 10.6. The number of benzene rings is 1. The van der Waals surface area contributed by atoms with Crippen LogP contribution < -0.4 is 11.1 Å². The van der Waals surface area contributed by atoms with E-state index in [9.17, 15) is 4.79 Å². The van der Waals surface area contributed by atoms with E-state index in [4.69, 9.17) is 5.73 Å². The summed E-state index contributed by atoms with van der Waals surface area (Å²) in [6.07, 6.45) is 0. The summed E-state index contributed by atoms with van der Waals surface area (Å²) in [6, 6.07) is 7.18. The van der Waals surface area contributed by atoms with Crippen molar-refractivity contribution in [3.05, 3.63) is 34.3 Å². The highest BCUT2D eigenvalue weighted by Crippen LogP contribution is 2.10. The Morgan fingerprint density at radius 1 is 1.50 bits per heavy atom. The van der Waals surface area contributed by atoms with Gasteiger partial charge in [0.25, 0.3) is 5.91 Å². The molecule has 0 aliphatic carbocycles. The molecular weight excluding hydrogens is 244 g/mol. The van der Waals surface area contributed by atoms with Gasteiger partial charge < -0.3 is 11.1 Å². The van der Waals surface area contributed by atoms with Gasteiger partial charge in [-0.15, -0.1) is 0 Å². The molecule has 1 amide bonds. The summed E-state index contributed by atoms with van der Waals surface area (Å²) in [5.41, 5.74) is 6.17. The van der Waals surface area contributed by atoms with Crippen molar-refractivity contribution in [1.82, 2.24) is 5.32 Å². The summed E-state index contributed by atoms with van der Waals surface area (Å²) in [7, 11) is 0. The van der Waals surface area contributed by atoms with Crippen LogP contribution in [-0.4, -0.2) is 18.5 Å². The van der Waals surface area contributed by atoms with Crippen LogP contribution in [0.5, 0.6) is 0 Å². The molecule has 1 aromatic carbocycles. The number of hydrogen-bond acceptors (Lipinski definition) is 2. The second-order valence-electron chi connectivity index (χ2n) is 3.19. The monoisotopic (exact) mass is 256 g/mol. The van der Waals surface area contributed by atoms with Gasteiger partial charge in [-0.1, -0.05) is 15.9 Å². The maximum absolute atomic E-state index is 11.5. The smallest absolute Gasteiger partial charge is 0.251 e. The Bertz CT molecular complexity index is 308. The van der Waals surface area contributed by atoms with E-state index >= 15 is 0 Å². The first kappa shape index (κ1) is 11.2. The van der Waals surface area contributed by atoms with Crippen LogP contribution in [0.3, 0.4) is 0 Å². The summed E-state index contributed by atoms with van der Waals surface area (Å²) in [6.45, 7) is 2.34. The second kappa shape index (κ2) is 5.12. The highest BCUT2D eigenvalue weighted by Gasteiger charge is 2.04. The van der Waals surface area contributed by atoms with Crippen molar-refractivity contribution < 1.29 is 4.79 Å². The van der Waals surface area contributed by atoms with Crippen molar-refractivity contribution in [2.24, 2.45) is 5.73 Å². The topological polar surface area (TPSA) is 55.1 Å². The molecule has 0 saturated heterocycles. The molecule has 4 heteroatoms. The number of carbonyl (C=O) groups is 1. The Labute approximate surface area is 91.8 Å². The zero-order valence-corrected chi connectivity index (χ0v) is 9.54. The van der Waals surface area contributed by atoms with Gasteiger partial charge in [-0.25, -0.2) is 0 Å². The van der Waals surface area contributed by atoms with Gasteiger partial charge in [-0.05, 0) is 31.2 Å². The Kier molecular flexibility index (Phi) is 4.10. The molecule has 0 spiro atoms. The van der Waals surface area contributed by atoms with Gasteiger partial charge in [0.1, 0.15) is 0 Å². The van der Waals surface area contributed by atoms with Crippen LogP contribution in [0.2, 0.25) is 0 Å². The van der Waals surface area contributed by atoms with Gasteiger partial charge in [0, 0.05) is 22.6 Å². The van der Waals surface area contributed by atoms with Crippen molar-refractivity contribution in [3.8, 4) is 0 Å². The number of halogens is 1. The fourth-order valence-corrected chi connectivity index (χ4v) is 1.22. The predicted molar refractivity (Wildman–Crippen MR) is 60.1 cm³/mol. The normalized spacial score (nSPS) is 12.2. The predicted octanol–water partition coefficient (Wildman–Crippen LogP) is 1.53. The lowest BCUT2D eigenvalue weighted by Gasteiger charge is -2.07. The number of carbonyl (C=O) groups excluding carboxylic acids is 1. The molecule has 3 nitrogen and oxygen atoms in total. The van der Waals surface area contributed by atoms with Crippen LogP contribution in [0.25, 0.3) is 0 Å². The first-order chi connectivity index (χ1) is 6.59. The molecule has 1 atom stereocenters. The van der Waals surface area contributed by atoms with Crippen LogP contribution in [0.1, 0.15) is 17.3 Å². The van der Waals surface area contributed by atoms with Gasteiger partial charge >= 0.3 is 0 Å². The molecule has 1 rings (SSSR count). The minimum absolute atomic E-state index is 0.0191. The molecule has 0 heterocycles. The van der Waals surface area contributed by atoms with Crippen molar-refractivity contribution in [2.75, 3.05) is 6.54 Å². The highest BCUT2D eigenvalue weighted by atomic mass is 79.9. The van der Waals surface area contributed by atoms with Crippen molar-refractivity contribution >= 4 is 21.8 Å².